The number of ketones is 1. The van der Waals surface area contributed by atoms with Gasteiger partial charge in [-0.2, -0.15) is 0 Å². The summed E-state index contributed by atoms with van der Waals surface area (Å²) in [6.45, 7) is 2.70. The average Bonchev–Trinajstić information content (AvgIpc) is 2.65. The van der Waals surface area contributed by atoms with Crippen molar-refractivity contribution < 1.29 is 4.79 Å². The molecule has 2 N–H and O–H groups in total. The van der Waals surface area contributed by atoms with Gasteiger partial charge >= 0.3 is 0 Å². The summed E-state index contributed by atoms with van der Waals surface area (Å²) in [5, 5.41) is 0. The monoisotopic (exact) mass is 191 g/mol. The Morgan fingerprint density at radius 3 is 2.79 bits per heavy atom. The first kappa shape index (κ1) is 9.30. The van der Waals surface area contributed by atoms with Crippen LogP contribution in [0.2, 0.25) is 0 Å². The molecule has 0 bridgehead atoms. The zero-order valence-electron chi connectivity index (χ0n) is 8.03. The van der Waals surface area contributed by atoms with E-state index in [0.717, 1.165) is 5.56 Å². The molecule has 0 spiro atoms. The van der Waals surface area contributed by atoms with Crippen LogP contribution in [-0.4, -0.2) is 23.4 Å². The third-order valence-electron chi connectivity index (χ3n) is 2.56. The lowest BCUT2D eigenvalue weighted by atomic mass is 9.94. The number of nitrogens with one attached hydrogen (secondary N) is 2. The van der Waals surface area contributed by atoms with Crippen molar-refractivity contribution >= 4 is 5.78 Å². The molecule has 1 aromatic heterocycles. The number of hydrogen-bond donors (Lipinski definition) is 2. The summed E-state index contributed by atoms with van der Waals surface area (Å²) < 4.78 is 0. The van der Waals surface area contributed by atoms with Crippen LogP contribution in [0.4, 0.5) is 0 Å². The SMILES string of the molecule is CC1NNCC1C(=O)c1ccncc1. The smallest absolute Gasteiger partial charge is 0.168 e. The van der Waals surface area contributed by atoms with E-state index in [9.17, 15) is 4.79 Å². The summed E-state index contributed by atoms with van der Waals surface area (Å²) in [5.41, 5.74) is 6.76. The number of nitrogens with zero attached hydrogens (tertiary/aromatic N) is 1. The highest BCUT2D eigenvalue weighted by molar-refractivity contribution is 5.98. The summed E-state index contributed by atoms with van der Waals surface area (Å²) in [4.78, 5) is 15.8. The van der Waals surface area contributed by atoms with Crippen LogP contribution < -0.4 is 10.9 Å². The van der Waals surface area contributed by atoms with Crippen LogP contribution in [0.15, 0.2) is 24.5 Å². The molecular formula is C10H13N3O. The summed E-state index contributed by atoms with van der Waals surface area (Å²) in [5.74, 6) is 0.204. The highest BCUT2D eigenvalue weighted by Gasteiger charge is 2.29. The van der Waals surface area contributed by atoms with E-state index in [0.29, 0.717) is 6.54 Å². The van der Waals surface area contributed by atoms with E-state index >= 15 is 0 Å². The quantitative estimate of drug-likeness (QED) is 0.663. The molecule has 4 heteroatoms. The minimum absolute atomic E-state index is 0.0254. The molecule has 2 rings (SSSR count). The van der Waals surface area contributed by atoms with Gasteiger partial charge in [0, 0.05) is 30.5 Å². The van der Waals surface area contributed by atoms with Gasteiger partial charge in [0.05, 0.1) is 5.92 Å². The van der Waals surface area contributed by atoms with Crippen LogP contribution in [0.1, 0.15) is 17.3 Å². The summed E-state index contributed by atoms with van der Waals surface area (Å²) in [7, 11) is 0. The van der Waals surface area contributed by atoms with Crippen molar-refractivity contribution in [1.29, 1.82) is 0 Å². The molecule has 0 amide bonds. The third kappa shape index (κ3) is 1.66. The molecule has 2 atom stereocenters. The molecule has 0 aliphatic carbocycles. The van der Waals surface area contributed by atoms with Crippen molar-refractivity contribution in [3.8, 4) is 0 Å². The van der Waals surface area contributed by atoms with Crippen molar-refractivity contribution in [3.05, 3.63) is 30.1 Å². The number of aromatic nitrogens is 1. The molecule has 1 fully saturated rings. The zero-order chi connectivity index (χ0) is 9.97. The van der Waals surface area contributed by atoms with E-state index in [1.165, 1.54) is 0 Å². The minimum atomic E-state index is 0.0254. The van der Waals surface area contributed by atoms with Crippen molar-refractivity contribution in [3.63, 3.8) is 0 Å². The molecule has 4 nitrogen and oxygen atoms in total. The van der Waals surface area contributed by atoms with Gasteiger partial charge in [0.15, 0.2) is 5.78 Å². The number of pyridine rings is 1. The largest absolute Gasteiger partial charge is 0.294 e. The first-order valence-corrected chi connectivity index (χ1v) is 4.71. The van der Waals surface area contributed by atoms with Gasteiger partial charge in [-0.25, -0.2) is 0 Å². The molecule has 1 aromatic rings. The van der Waals surface area contributed by atoms with Crippen LogP contribution in [0, 0.1) is 5.92 Å². The Bertz CT molecular complexity index is 325. The molecule has 1 saturated heterocycles. The predicted octanol–water partition coefficient (Wildman–Crippen LogP) is 0.377. The van der Waals surface area contributed by atoms with E-state index in [1.807, 2.05) is 6.92 Å². The fraction of sp³-hybridized carbons (Fsp3) is 0.400. The van der Waals surface area contributed by atoms with Crippen LogP contribution in [-0.2, 0) is 0 Å². The molecule has 1 aliphatic rings. The minimum Gasteiger partial charge on any atom is -0.294 e. The molecule has 1 aliphatic heterocycles. The van der Waals surface area contributed by atoms with Gasteiger partial charge < -0.3 is 0 Å². The lowest BCUT2D eigenvalue weighted by Crippen LogP contribution is -2.30. The number of rotatable bonds is 2. The van der Waals surface area contributed by atoms with Crippen molar-refractivity contribution in [1.82, 2.24) is 15.8 Å². The van der Waals surface area contributed by atoms with E-state index in [4.69, 9.17) is 0 Å². The first-order chi connectivity index (χ1) is 6.79. The fourth-order valence-electron chi connectivity index (χ4n) is 1.66. The highest BCUT2D eigenvalue weighted by Crippen LogP contribution is 2.14. The van der Waals surface area contributed by atoms with Gasteiger partial charge in [-0.3, -0.25) is 20.6 Å². The van der Waals surface area contributed by atoms with Crippen molar-refractivity contribution in [2.45, 2.75) is 13.0 Å². The second-order valence-electron chi connectivity index (χ2n) is 3.52. The topological polar surface area (TPSA) is 54.0 Å². The van der Waals surface area contributed by atoms with Gasteiger partial charge in [-0.05, 0) is 19.1 Å². The first-order valence-electron chi connectivity index (χ1n) is 4.71. The lowest BCUT2D eigenvalue weighted by Gasteiger charge is -2.11. The van der Waals surface area contributed by atoms with Gasteiger partial charge in [0.1, 0.15) is 0 Å². The van der Waals surface area contributed by atoms with Gasteiger partial charge in [-0.15, -0.1) is 0 Å². The lowest BCUT2D eigenvalue weighted by molar-refractivity contribution is 0.0921. The Morgan fingerprint density at radius 1 is 1.50 bits per heavy atom. The molecular weight excluding hydrogens is 178 g/mol. The van der Waals surface area contributed by atoms with Crippen LogP contribution in [0.3, 0.4) is 0 Å². The Morgan fingerprint density at radius 2 is 2.21 bits per heavy atom. The number of hydrazine groups is 1. The average molecular weight is 191 g/mol. The molecule has 2 unspecified atom stereocenters. The van der Waals surface area contributed by atoms with Gasteiger partial charge in [-0.1, -0.05) is 0 Å². The number of Topliss-reactive ketones (excluding diaryl/α,β-unsaturated/α-hetero) is 1. The maximum Gasteiger partial charge on any atom is 0.168 e. The fourth-order valence-corrected chi connectivity index (χ4v) is 1.66. The number of carbonyl (C=O) groups excluding carboxylic acids is 1. The van der Waals surface area contributed by atoms with E-state index in [2.05, 4.69) is 15.8 Å². The standard InChI is InChI=1S/C10H13N3O/c1-7-9(6-12-13-7)10(14)8-2-4-11-5-3-8/h2-5,7,9,12-13H,6H2,1H3. The Kier molecular flexibility index (Phi) is 2.56. The zero-order valence-corrected chi connectivity index (χ0v) is 8.03. The third-order valence-corrected chi connectivity index (χ3v) is 2.56. The predicted molar refractivity (Wildman–Crippen MR) is 52.7 cm³/mol. The van der Waals surface area contributed by atoms with E-state index in [1.54, 1.807) is 24.5 Å². The molecule has 74 valence electrons. The van der Waals surface area contributed by atoms with Gasteiger partial charge in [0.2, 0.25) is 0 Å². The molecule has 0 saturated carbocycles. The van der Waals surface area contributed by atoms with Crippen LogP contribution in [0.25, 0.3) is 0 Å². The van der Waals surface area contributed by atoms with Gasteiger partial charge in [0.25, 0.3) is 0 Å². The normalized spacial score (nSPS) is 26.4. The molecule has 0 radical (unpaired) electrons. The Hall–Kier alpha value is -1.26. The van der Waals surface area contributed by atoms with E-state index in [-0.39, 0.29) is 17.7 Å². The van der Waals surface area contributed by atoms with Crippen molar-refractivity contribution in [2.24, 2.45) is 5.92 Å². The van der Waals surface area contributed by atoms with E-state index < -0.39 is 0 Å². The Balaban J connectivity index is 2.16. The molecule has 0 aromatic carbocycles. The second kappa shape index (κ2) is 3.86. The van der Waals surface area contributed by atoms with Crippen LogP contribution >= 0.6 is 0 Å². The number of carbonyl (C=O) groups is 1. The maximum atomic E-state index is 11.9. The maximum absolute atomic E-state index is 11.9. The van der Waals surface area contributed by atoms with Crippen molar-refractivity contribution in [2.75, 3.05) is 6.54 Å². The summed E-state index contributed by atoms with van der Waals surface area (Å²) in [6.07, 6.45) is 3.29. The van der Waals surface area contributed by atoms with Crippen LogP contribution in [0.5, 0.6) is 0 Å². The molecule has 14 heavy (non-hydrogen) atoms. The number of hydrogen-bond acceptors (Lipinski definition) is 4. The summed E-state index contributed by atoms with van der Waals surface area (Å²) >= 11 is 0. The molecule has 2 heterocycles. The second-order valence-corrected chi connectivity index (χ2v) is 3.52. The Labute approximate surface area is 82.7 Å². The summed E-state index contributed by atoms with van der Waals surface area (Å²) in [6, 6.07) is 3.71. The highest BCUT2D eigenvalue weighted by atomic mass is 16.1.